The Balaban J connectivity index is 1.53. The number of methoxy groups -OCH3 is 2. The van der Waals surface area contributed by atoms with Crippen molar-refractivity contribution in [3.63, 3.8) is 0 Å². The van der Waals surface area contributed by atoms with E-state index in [0.29, 0.717) is 73.5 Å². The molecule has 0 N–H and O–H groups in total. The van der Waals surface area contributed by atoms with E-state index in [2.05, 4.69) is 23.0 Å². The van der Waals surface area contributed by atoms with Gasteiger partial charge in [-0.25, -0.2) is 19.2 Å². The average molecular weight is 851 g/mol. The van der Waals surface area contributed by atoms with Crippen LogP contribution in [0.4, 0.5) is 11.4 Å². The normalized spacial score (nSPS) is 10.8. The van der Waals surface area contributed by atoms with E-state index in [1.54, 1.807) is 12.1 Å². The zero-order chi connectivity index (χ0) is 45.3. The summed E-state index contributed by atoms with van der Waals surface area (Å²) in [6.45, 7) is 13.0. The molecule has 0 aliphatic carbocycles. The Morgan fingerprint density at radius 2 is 0.952 bits per heavy atom. The largest absolute Gasteiger partial charge is 0.496 e. The summed E-state index contributed by atoms with van der Waals surface area (Å²) in [5.41, 5.74) is 2.21. The van der Waals surface area contributed by atoms with Crippen LogP contribution in [0.2, 0.25) is 0 Å². The summed E-state index contributed by atoms with van der Waals surface area (Å²) in [7, 11) is 2.99. The molecule has 3 aromatic carbocycles. The van der Waals surface area contributed by atoms with Gasteiger partial charge < -0.3 is 47.7 Å². The Labute approximate surface area is 361 Å². The third-order valence-electron chi connectivity index (χ3n) is 8.75. The third kappa shape index (κ3) is 15.5. The summed E-state index contributed by atoms with van der Waals surface area (Å²) < 4.78 is 42.8. The van der Waals surface area contributed by atoms with Gasteiger partial charge in [0.2, 0.25) is 0 Å². The van der Waals surface area contributed by atoms with Gasteiger partial charge >= 0.3 is 23.9 Å². The number of anilines is 2. The fourth-order valence-electron chi connectivity index (χ4n) is 5.56. The van der Waals surface area contributed by atoms with Crippen molar-refractivity contribution in [2.45, 2.75) is 13.8 Å². The summed E-state index contributed by atoms with van der Waals surface area (Å²) in [5.74, 6) is -0.792. The van der Waals surface area contributed by atoms with E-state index < -0.39 is 23.9 Å². The summed E-state index contributed by atoms with van der Waals surface area (Å²) in [4.78, 5) is 51.4. The fourth-order valence-corrected chi connectivity index (χ4v) is 5.56. The second kappa shape index (κ2) is 26.4. The van der Waals surface area contributed by atoms with Gasteiger partial charge in [-0.1, -0.05) is 13.2 Å². The zero-order valence-corrected chi connectivity index (χ0v) is 35.3. The zero-order valence-electron chi connectivity index (χ0n) is 35.3. The molecule has 3 aromatic rings. The minimum absolute atomic E-state index is 0.168. The topological polar surface area (TPSA) is 196 Å². The van der Waals surface area contributed by atoms with E-state index in [0.717, 1.165) is 23.5 Å². The summed E-state index contributed by atoms with van der Waals surface area (Å²) >= 11 is 0. The molecule has 0 saturated carbocycles. The molecule has 0 saturated heterocycles. The van der Waals surface area contributed by atoms with E-state index >= 15 is 0 Å². The predicted molar refractivity (Wildman–Crippen MR) is 231 cm³/mol. The Bertz CT molecular complexity index is 2020. The first kappa shape index (κ1) is 48.6. The number of nitriles is 2. The van der Waals surface area contributed by atoms with E-state index in [-0.39, 0.29) is 37.6 Å². The van der Waals surface area contributed by atoms with E-state index in [9.17, 15) is 29.7 Å². The highest BCUT2D eigenvalue weighted by Gasteiger charge is 2.16. The van der Waals surface area contributed by atoms with E-state index in [1.165, 1.54) is 26.4 Å². The van der Waals surface area contributed by atoms with Crippen LogP contribution >= 0.6 is 0 Å². The minimum Gasteiger partial charge on any atom is -0.496 e. The lowest BCUT2D eigenvalue weighted by Crippen LogP contribution is -2.28. The molecule has 0 bridgehead atoms. The number of ether oxygens (including phenoxy) is 8. The predicted octanol–water partition coefficient (Wildman–Crippen LogP) is 5.87. The summed E-state index contributed by atoms with van der Waals surface area (Å²) in [6.07, 6.45) is 4.74. The van der Waals surface area contributed by atoms with Crippen LogP contribution in [0.5, 0.6) is 23.0 Å². The molecule has 62 heavy (non-hydrogen) atoms. The van der Waals surface area contributed by atoms with Crippen LogP contribution in [-0.4, -0.2) is 104 Å². The first-order valence-electron chi connectivity index (χ1n) is 19.4. The van der Waals surface area contributed by atoms with Gasteiger partial charge in [0.05, 0.1) is 27.3 Å². The Hall–Kier alpha value is -7.72. The monoisotopic (exact) mass is 850 g/mol. The highest BCUT2D eigenvalue weighted by Crippen LogP contribution is 2.29. The first-order valence-corrected chi connectivity index (χ1v) is 19.4. The molecule has 0 unspecified atom stereocenters. The van der Waals surface area contributed by atoms with E-state index in [4.69, 9.17) is 37.9 Å². The van der Waals surface area contributed by atoms with Gasteiger partial charge in [-0.15, -0.1) is 0 Å². The molecule has 0 atom stereocenters. The molecule has 16 nitrogen and oxygen atoms in total. The second-order valence-corrected chi connectivity index (χ2v) is 12.5. The molecule has 0 radical (unpaired) electrons. The molecule has 0 aliphatic rings. The minimum atomic E-state index is -0.861. The van der Waals surface area contributed by atoms with Gasteiger partial charge in [0, 0.05) is 59.9 Å². The highest BCUT2D eigenvalue weighted by molar-refractivity contribution is 5.99. The summed E-state index contributed by atoms with van der Waals surface area (Å²) in [6, 6.07) is 21.8. The van der Waals surface area contributed by atoms with Gasteiger partial charge in [0.15, 0.2) is 0 Å². The van der Waals surface area contributed by atoms with Gasteiger partial charge in [-0.05, 0) is 74.5 Å². The molecule has 3 rings (SSSR count). The molecule has 0 spiro atoms. The van der Waals surface area contributed by atoms with Crippen molar-refractivity contribution in [1.29, 1.82) is 10.5 Å². The Morgan fingerprint density at radius 3 is 1.27 bits per heavy atom. The smallest absolute Gasteiger partial charge is 0.349 e. The number of rotatable bonds is 26. The number of likely N-dealkylation sites (N-methyl/N-ethyl adjacent to an activating group) is 2. The Morgan fingerprint density at radius 1 is 0.581 bits per heavy atom. The number of carbonyl (C=O) groups is 4. The summed E-state index contributed by atoms with van der Waals surface area (Å²) in [5, 5.41) is 19.1. The quantitative estimate of drug-likeness (QED) is 0.0305. The van der Waals surface area contributed by atoms with Crippen LogP contribution < -0.4 is 28.7 Å². The first-order chi connectivity index (χ1) is 30.0. The number of esters is 4. The van der Waals surface area contributed by atoms with Gasteiger partial charge in [-0.2, -0.15) is 10.5 Å². The van der Waals surface area contributed by atoms with Crippen LogP contribution in [0.15, 0.2) is 97.1 Å². The van der Waals surface area contributed by atoms with Crippen molar-refractivity contribution in [2.24, 2.45) is 0 Å². The fraction of sp³-hybridized carbons (Fsp3) is 0.304. The van der Waals surface area contributed by atoms with Crippen molar-refractivity contribution >= 4 is 47.4 Å². The molecule has 16 heteroatoms. The second-order valence-electron chi connectivity index (χ2n) is 12.5. The van der Waals surface area contributed by atoms with Crippen LogP contribution in [-0.2, 0) is 38.1 Å². The maximum absolute atomic E-state index is 12.4. The standard InChI is InChI=1S/C46H50N4O12/c1-7-43(51)59-23-25-61-45(53)35(31-47)27-33-11-13-37(29-41(33)55-5)49(9-3)19-21-57-39-15-17-40(18-16-39)58-22-20-50(10-4)38-14-12-34(42(30-38)56-6)28-36(32-48)46(54)62-26-24-60-44(52)8-2/h7-8,11-18,27-30H,1-2,9-10,19-26H2,3-6H3/b35-27+,36-28+. The lowest BCUT2D eigenvalue weighted by Gasteiger charge is -2.24. The molecular formula is C46H50N4O12. The number of benzene rings is 3. The van der Waals surface area contributed by atoms with E-state index in [1.807, 2.05) is 74.5 Å². The van der Waals surface area contributed by atoms with Crippen LogP contribution in [0.3, 0.4) is 0 Å². The molecule has 0 amide bonds. The highest BCUT2D eigenvalue weighted by atomic mass is 16.6. The third-order valence-corrected chi connectivity index (χ3v) is 8.75. The maximum atomic E-state index is 12.4. The molecular weight excluding hydrogens is 801 g/mol. The van der Waals surface area contributed by atoms with Crippen LogP contribution in [0, 0.1) is 22.7 Å². The number of carbonyl (C=O) groups excluding carboxylic acids is 4. The van der Waals surface area contributed by atoms with Crippen molar-refractivity contribution in [3.8, 4) is 35.1 Å². The van der Waals surface area contributed by atoms with Crippen molar-refractivity contribution in [2.75, 3.05) is 89.8 Å². The van der Waals surface area contributed by atoms with Gasteiger partial charge in [-0.3, -0.25) is 0 Å². The number of hydrogen-bond acceptors (Lipinski definition) is 16. The van der Waals surface area contributed by atoms with Crippen molar-refractivity contribution < 1.29 is 57.1 Å². The van der Waals surface area contributed by atoms with Gasteiger partial charge in [0.25, 0.3) is 0 Å². The van der Waals surface area contributed by atoms with Crippen molar-refractivity contribution in [1.82, 2.24) is 0 Å². The lowest BCUT2D eigenvalue weighted by atomic mass is 10.1. The maximum Gasteiger partial charge on any atom is 0.349 e. The number of hydrogen-bond donors (Lipinski definition) is 0. The van der Waals surface area contributed by atoms with Crippen LogP contribution in [0.25, 0.3) is 12.2 Å². The molecule has 326 valence electrons. The number of nitrogens with zero attached hydrogens (tertiary/aromatic N) is 4. The molecule has 0 fully saturated rings. The average Bonchev–Trinajstić information content (AvgIpc) is 3.30. The molecule has 0 aromatic heterocycles. The lowest BCUT2D eigenvalue weighted by molar-refractivity contribution is -0.146. The Kier molecular flexibility index (Phi) is 20.7. The van der Waals surface area contributed by atoms with Crippen molar-refractivity contribution in [3.05, 3.63) is 108 Å². The molecule has 0 aliphatic heterocycles. The SMILES string of the molecule is C=CC(=O)OCCOC(=O)/C(C#N)=C/c1ccc(N(CC)CCOc2ccc(OCCN(CC)c3ccc(/C=C(\C#N)C(=O)OCCOC(=O)C=C)c(OC)c3)cc2)cc1OC. The van der Waals surface area contributed by atoms with Gasteiger partial charge in [0.1, 0.15) is 85.9 Å². The molecule has 0 heterocycles. The van der Waals surface area contributed by atoms with Crippen LogP contribution in [0.1, 0.15) is 25.0 Å².